The summed E-state index contributed by atoms with van der Waals surface area (Å²) in [4.78, 5) is 14.5. The summed E-state index contributed by atoms with van der Waals surface area (Å²) in [5.74, 6) is 0.736. The summed E-state index contributed by atoms with van der Waals surface area (Å²) in [6.45, 7) is 1.81. The van der Waals surface area contributed by atoms with E-state index in [1.54, 1.807) is 0 Å². The molecule has 2 aliphatic heterocycles. The number of amides is 1. The summed E-state index contributed by atoms with van der Waals surface area (Å²) in [6, 6.07) is 16.1. The van der Waals surface area contributed by atoms with E-state index in [9.17, 15) is 4.79 Å². The highest BCUT2D eigenvalue weighted by molar-refractivity contribution is 6.04. The van der Waals surface area contributed by atoms with Crippen molar-refractivity contribution in [2.75, 3.05) is 24.6 Å². The summed E-state index contributed by atoms with van der Waals surface area (Å²) >= 11 is 0. The molecule has 128 valence electrons. The largest absolute Gasteiger partial charge is 0.492 e. The lowest BCUT2D eigenvalue weighted by Crippen LogP contribution is -2.38. The van der Waals surface area contributed by atoms with Crippen molar-refractivity contribution in [3.63, 3.8) is 0 Å². The number of carbonyl (C=O) groups excluding carboxylic acids is 1. The van der Waals surface area contributed by atoms with Gasteiger partial charge in [0.1, 0.15) is 5.75 Å². The van der Waals surface area contributed by atoms with E-state index in [0.717, 1.165) is 42.1 Å². The molecule has 4 rings (SSSR count). The van der Waals surface area contributed by atoms with E-state index >= 15 is 0 Å². The van der Waals surface area contributed by atoms with Gasteiger partial charge in [-0.25, -0.2) is 5.43 Å². The van der Waals surface area contributed by atoms with Crippen molar-refractivity contribution in [2.24, 2.45) is 5.10 Å². The van der Waals surface area contributed by atoms with Gasteiger partial charge in [-0.1, -0.05) is 30.3 Å². The fourth-order valence-electron chi connectivity index (χ4n) is 3.45. The Hall–Kier alpha value is -2.82. The number of rotatable bonds is 3. The minimum atomic E-state index is -0.0897. The molecule has 0 saturated heterocycles. The van der Waals surface area contributed by atoms with Crippen molar-refractivity contribution < 1.29 is 9.53 Å². The fourth-order valence-corrected chi connectivity index (χ4v) is 3.45. The first-order valence-electron chi connectivity index (χ1n) is 8.72. The van der Waals surface area contributed by atoms with Crippen LogP contribution in [0.15, 0.2) is 53.6 Å². The quantitative estimate of drug-likeness (QED) is 0.878. The minimum absolute atomic E-state index is 0.0897. The maximum Gasteiger partial charge on any atom is 0.259 e. The standard InChI is InChI=1S/C20H21N3O2/c24-20(14-23-12-5-7-15-6-1-3-9-18(15)23)22-21-17-11-13-25-19-10-4-2-8-16(17)19/h1-4,6,8-10H,5,7,11-14H2,(H,22,24)/b21-17-. The second-order valence-corrected chi connectivity index (χ2v) is 6.34. The number of nitrogens with one attached hydrogen (secondary N) is 1. The Labute approximate surface area is 147 Å². The monoisotopic (exact) mass is 335 g/mol. The second-order valence-electron chi connectivity index (χ2n) is 6.34. The van der Waals surface area contributed by atoms with Crippen LogP contribution in [0, 0.1) is 0 Å². The zero-order valence-electron chi connectivity index (χ0n) is 14.1. The molecule has 0 saturated carbocycles. The molecule has 1 N–H and O–H groups in total. The molecule has 1 amide bonds. The van der Waals surface area contributed by atoms with E-state index in [-0.39, 0.29) is 5.91 Å². The van der Waals surface area contributed by atoms with Gasteiger partial charge in [-0.2, -0.15) is 5.10 Å². The van der Waals surface area contributed by atoms with Gasteiger partial charge in [0, 0.05) is 24.2 Å². The molecular formula is C20H21N3O2. The lowest BCUT2D eigenvalue weighted by atomic mass is 10.0. The van der Waals surface area contributed by atoms with Crippen LogP contribution in [0.2, 0.25) is 0 Å². The van der Waals surface area contributed by atoms with Crippen molar-refractivity contribution in [2.45, 2.75) is 19.3 Å². The predicted octanol–water partition coefficient (Wildman–Crippen LogP) is 2.74. The Kier molecular flexibility index (Phi) is 4.37. The third-order valence-electron chi connectivity index (χ3n) is 4.65. The van der Waals surface area contributed by atoms with Crippen LogP contribution in [0.5, 0.6) is 5.75 Å². The van der Waals surface area contributed by atoms with Crippen LogP contribution in [-0.2, 0) is 11.2 Å². The Morgan fingerprint density at radius 2 is 1.96 bits per heavy atom. The van der Waals surface area contributed by atoms with E-state index in [1.165, 1.54) is 5.56 Å². The van der Waals surface area contributed by atoms with Crippen LogP contribution in [0.4, 0.5) is 5.69 Å². The molecule has 2 aliphatic rings. The van der Waals surface area contributed by atoms with Crippen molar-refractivity contribution in [3.8, 4) is 5.75 Å². The zero-order valence-corrected chi connectivity index (χ0v) is 14.1. The van der Waals surface area contributed by atoms with Crippen LogP contribution in [-0.4, -0.2) is 31.3 Å². The first-order valence-corrected chi connectivity index (χ1v) is 8.72. The fraction of sp³-hybridized carbons (Fsp3) is 0.300. The van der Waals surface area contributed by atoms with E-state index < -0.39 is 0 Å². The molecule has 0 unspecified atom stereocenters. The Balaban J connectivity index is 1.44. The van der Waals surface area contributed by atoms with E-state index in [4.69, 9.17) is 4.74 Å². The Morgan fingerprint density at radius 3 is 2.92 bits per heavy atom. The van der Waals surface area contributed by atoms with Gasteiger partial charge in [-0.3, -0.25) is 4.79 Å². The molecule has 0 fully saturated rings. The summed E-state index contributed by atoms with van der Waals surface area (Å²) in [5.41, 5.74) is 7.02. The molecule has 0 bridgehead atoms. The minimum Gasteiger partial charge on any atom is -0.492 e. The van der Waals surface area contributed by atoms with Crippen LogP contribution >= 0.6 is 0 Å². The smallest absolute Gasteiger partial charge is 0.259 e. The molecule has 0 aliphatic carbocycles. The second kappa shape index (κ2) is 6.97. The molecule has 0 spiro atoms. The number of para-hydroxylation sites is 2. The zero-order chi connectivity index (χ0) is 17.1. The maximum absolute atomic E-state index is 12.4. The van der Waals surface area contributed by atoms with Crippen LogP contribution in [0.1, 0.15) is 24.0 Å². The molecule has 5 heteroatoms. The van der Waals surface area contributed by atoms with Crippen molar-refractivity contribution in [1.29, 1.82) is 0 Å². The highest BCUT2D eigenvalue weighted by atomic mass is 16.5. The average molecular weight is 335 g/mol. The number of carbonyl (C=O) groups is 1. The molecule has 0 atom stereocenters. The Bertz CT molecular complexity index is 816. The third-order valence-corrected chi connectivity index (χ3v) is 4.65. The highest BCUT2D eigenvalue weighted by Gasteiger charge is 2.19. The molecule has 2 aromatic carbocycles. The maximum atomic E-state index is 12.4. The first-order chi connectivity index (χ1) is 12.3. The highest BCUT2D eigenvalue weighted by Crippen LogP contribution is 2.26. The van der Waals surface area contributed by atoms with Gasteiger partial charge in [-0.05, 0) is 36.6 Å². The summed E-state index contributed by atoms with van der Waals surface area (Å²) in [5, 5.41) is 4.36. The summed E-state index contributed by atoms with van der Waals surface area (Å²) in [7, 11) is 0. The molecule has 2 heterocycles. The van der Waals surface area contributed by atoms with Crippen molar-refractivity contribution in [1.82, 2.24) is 5.43 Å². The average Bonchev–Trinajstić information content (AvgIpc) is 2.66. The molecule has 2 aromatic rings. The molecule has 5 nitrogen and oxygen atoms in total. The number of anilines is 1. The Morgan fingerprint density at radius 1 is 1.12 bits per heavy atom. The van der Waals surface area contributed by atoms with Crippen molar-refractivity contribution >= 4 is 17.3 Å². The number of ether oxygens (including phenoxy) is 1. The number of hydrazone groups is 1. The van der Waals surface area contributed by atoms with Gasteiger partial charge in [0.25, 0.3) is 5.91 Å². The van der Waals surface area contributed by atoms with Gasteiger partial charge >= 0.3 is 0 Å². The van der Waals surface area contributed by atoms with Gasteiger partial charge in [-0.15, -0.1) is 0 Å². The van der Waals surface area contributed by atoms with Crippen LogP contribution in [0.3, 0.4) is 0 Å². The molecule has 0 aromatic heterocycles. The number of hydrogen-bond acceptors (Lipinski definition) is 4. The summed E-state index contributed by atoms with van der Waals surface area (Å²) < 4.78 is 5.62. The number of aryl methyl sites for hydroxylation is 1. The number of fused-ring (bicyclic) bond motifs is 2. The van der Waals surface area contributed by atoms with Crippen LogP contribution < -0.4 is 15.1 Å². The summed E-state index contributed by atoms with van der Waals surface area (Å²) in [6.07, 6.45) is 2.85. The van der Waals surface area contributed by atoms with E-state index in [0.29, 0.717) is 19.6 Å². The topological polar surface area (TPSA) is 53.9 Å². The van der Waals surface area contributed by atoms with Gasteiger partial charge in [0.15, 0.2) is 0 Å². The lowest BCUT2D eigenvalue weighted by molar-refractivity contribution is -0.119. The van der Waals surface area contributed by atoms with Crippen LogP contribution in [0.25, 0.3) is 0 Å². The lowest BCUT2D eigenvalue weighted by Gasteiger charge is -2.30. The predicted molar refractivity (Wildman–Crippen MR) is 98.2 cm³/mol. The van der Waals surface area contributed by atoms with Gasteiger partial charge in [0.2, 0.25) is 0 Å². The first kappa shape index (κ1) is 15.7. The van der Waals surface area contributed by atoms with E-state index in [2.05, 4.69) is 33.6 Å². The molecule has 0 radical (unpaired) electrons. The van der Waals surface area contributed by atoms with E-state index in [1.807, 2.05) is 30.3 Å². The van der Waals surface area contributed by atoms with Gasteiger partial charge < -0.3 is 9.64 Å². The number of benzene rings is 2. The van der Waals surface area contributed by atoms with Gasteiger partial charge in [0.05, 0.1) is 18.9 Å². The normalized spacial score (nSPS) is 17.4. The number of hydrogen-bond donors (Lipinski definition) is 1. The SMILES string of the molecule is O=C(CN1CCCc2ccccc21)N/N=C1/CCOc2ccccc21. The van der Waals surface area contributed by atoms with Crippen molar-refractivity contribution in [3.05, 3.63) is 59.7 Å². The molecular weight excluding hydrogens is 314 g/mol. The molecule has 25 heavy (non-hydrogen) atoms. The third kappa shape index (κ3) is 3.36. The number of nitrogens with zero attached hydrogens (tertiary/aromatic N) is 2.